The number of hydrogen-bond donors (Lipinski definition) is 1. The lowest BCUT2D eigenvalue weighted by Crippen LogP contribution is -2.54. The molecule has 0 amide bonds. The van der Waals surface area contributed by atoms with Gasteiger partial charge in [-0.05, 0) is 12.5 Å². The Morgan fingerprint density at radius 3 is 1.92 bits per heavy atom. The van der Waals surface area contributed by atoms with E-state index in [-0.39, 0.29) is 5.16 Å². The van der Waals surface area contributed by atoms with Crippen molar-refractivity contribution in [2.24, 2.45) is 5.73 Å². The molecule has 0 aliphatic heterocycles. The molecule has 2 heteroatoms. The number of benzene rings is 1. The van der Waals surface area contributed by atoms with Gasteiger partial charge in [-0.3, -0.25) is 0 Å². The van der Waals surface area contributed by atoms with Gasteiger partial charge in [0.2, 0.25) is 0 Å². The largest absolute Gasteiger partial charge is 0.324 e. The third-order valence-electron chi connectivity index (χ3n) is 2.93. The minimum atomic E-state index is -1.35. The topological polar surface area (TPSA) is 26.0 Å². The van der Waals surface area contributed by atoms with E-state index in [0.717, 1.165) is 0 Å². The molecule has 1 unspecified atom stereocenters. The molecular weight excluding hydrogens is 174 g/mol. The Labute approximate surface area is 82.0 Å². The van der Waals surface area contributed by atoms with Crippen molar-refractivity contribution in [2.75, 3.05) is 0 Å². The third kappa shape index (κ3) is 2.01. The first-order valence-corrected chi connectivity index (χ1v) is 8.20. The Balaban J connectivity index is 3.08. The van der Waals surface area contributed by atoms with Gasteiger partial charge in [0.25, 0.3) is 0 Å². The van der Waals surface area contributed by atoms with Crippen molar-refractivity contribution in [1.29, 1.82) is 0 Å². The molecule has 0 bridgehead atoms. The predicted octanol–water partition coefficient (Wildman–Crippen LogP) is 2.74. The molecule has 0 spiro atoms. The van der Waals surface area contributed by atoms with E-state index >= 15 is 0 Å². The average Bonchev–Trinajstić information content (AvgIpc) is 2.04. The van der Waals surface area contributed by atoms with Crippen LogP contribution in [0.4, 0.5) is 0 Å². The fourth-order valence-corrected chi connectivity index (χ4v) is 2.25. The van der Waals surface area contributed by atoms with E-state index in [2.05, 4.69) is 50.8 Å². The maximum atomic E-state index is 6.38. The number of hydrogen-bond acceptors (Lipinski definition) is 1. The normalized spacial score (nSPS) is 16.7. The molecule has 2 N–H and O–H groups in total. The van der Waals surface area contributed by atoms with Crippen LogP contribution in [0.15, 0.2) is 30.3 Å². The minimum Gasteiger partial charge on any atom is -0.324 e. The minimum absolute atomic E-state index is 0.131. The molecule has 1 rings (SSSR count). The van der Waals surface area contributed by atoms with Gasteiger partial charge in [0, 0.05) is 5.16 Å². The van der Waals surface area contributed by atoms with Crippen LogP contribution in [-0.4, -0.2) is 8.07 Å². The van der Waals surface area contributed by atoms with Crippen molar-refractivity contribution in [2.45, 2.75) is 31.7 Å². The molecule has 0 fully saturated rings. The van der Waals surface area contributed by atoms with Crippen LogP contribution in [-0.2, 0) is 5.16 Å². The Morgan fingerprint density at radius 1 is 1.08 bits per heavy atom. The molecule has 0 aliphatic rings. The highest BCUT2D eigenvalue weighted by molar-refractivity contribution is 6.78. The van der Waals surface area contributed by atoms with Crippen molar-refractivity contribution in [3.05, 3.63) is 35.9 Å². The zero-order valence-corrected chi connectivity index (χ0v) is 9.96. The summed E-state index contributed by atoms with van der Waals surface area (Å²) in [6, 6.07) is 10.4. The molecule has 0 radical (unpaired) electrons. The smallest absolute Gasteiger partial charge is 0.0724 e. The summed E-state index contributed by atoms with van der Waals surface area (Å²) >= 11 is 0. The predicted molar refractivity (Wildman–Crippen MR) is 61.3 cm³/mol. The summed E-state index contributed by atoms with van der Waals surface area (Å²) in [4.78, 5) is 0. The van der Waals surface area contributed by atoms with Gasteiger partial charge in [-0.2, -0.15) is 0 Å². The Morgan fingerprint density at radius 2 is 1.54 bits per heavy atom. The van der Waals surface area contributed by atoms with Gasteiger partial charge in [0.1, 0.15) is 0 Å². The molecule has 0 saturated heterocycles. The summed E-state index contributed by atoms with van der Waals surface area (Å²) in [6.07, 6.45) is 0. The van der Waals surface area contributed by atoms with Crippen LogP contribution in [0.5, 0.6) is 0 Å². The van der Waals surface area contributed by atoms with Gasteiger partial charge in [-0.25, -0.2) is 0 Å². The van der Waals surface area contributed by atoms with Crippen LogP contribution < -0.4 is 5.73 Å². The lowest BCUT2D eigenvalue weighted by Gasteiger charge is -2.37. The monoisotopic (exact) mass is 193 g/mol. The van der Waals surface area contributed by atoms with Crippen LogP contribution in [0, 0.1) is 0 Å². The van der Waals surface area contributed by atoms with Crippen molar-refractivity contribution < 1.29 is 0 Å². The molecule has 0 aliphatic carbocycles. The molecule has 1 nitrogen and oxygen atoms in total. The summed E-state index contributed by atoms with van der Waals surface area (Å²) < 4.78 is 0. The van der Waals surface area contributed by atoms with Crippen LogP contribution in [0.3, 0.4) is 0 Å². The van der Waals surface area contributed by atoms with E-state index in [4.69, 9.17) is 5.73 Å². The van der Waals surface area contributed by atoms with Crippen molar-refractivity contribution in [3.63, 3.8) is 0 Å². The Bertz CT molecular complexity index is 272. The van der Waals surface area contributed by atoms with Gasteiger partial charge in [0.15, 0.2) is 0 Å². The lowest BCUT2D eigenvalue weighted by atomic mass is 10.1. The first-order valence-electron chi connectivity index (χ1n) is 4.70. The third-order valence-corrected chi connectivity index (χ3v) is 6.34. The molecule has 0 aromatic heterocycles. The van der Waals surface area contributed by atoms with E-state index in [1.165, 1.54) is 5.56 Å². The van der Waals surface area contributed by atoms with Gasteiger partial charge in [0.05, 0.1) is 8.07 Å². The summed E-state index contributed by atoms with van der Waals surface area (Å²) in [5, 5.41) is -0.131. The molecule has 0 saturated carbocycles. The second-order valence-corrected chi connectivity index (χ2v) is 10.4. The van der Waals surface area contributed by atoms with Gasteiger partial charge >= 0.3 is 0 Å². The van der Waals surface area contributed by atoms with Crippen molar-refractivity contribution in [3.8, 4) is 0 Å². The summed E-state index contributed by atoms with van der Waals surface area (Å²) in [5.74, 6) is 0. The molecule has 1 atom stereocenters. The summed E-state index contributed by atoms with van der Waals surface area (Å²) in [5.41, 5.74) is 7.64. The van der Waals surface area contributed by atoms with Crippen LogP contribution in [0.2, 0.25) is 19.6 Å². The molecular formula is C11H19NSi. The first kappa shape index (κ1) is 10.5. The zero-order chi connectivity index (χ0) is 10.1. The first-order chi connectivity index (χ1) is 5.86. The number of nitrogens with two attached hydrogens (primary N) is 1. The molecule has 72 valence electrons. The van der Waals surface area contributed by atoms with Gasteiger partial charge < -0.3 is 5.73 Å². The maximum Gasteiger partial charge on any atom is 0.0724 e. The molecule has 0 heterocycles. The molecule has 1 aromatic rings. The van der Waals surface area contributed by atoms with E-state index in [1.807, 2.05) is 6.07 Å². The number of rotatable bonds is 2. The maximum absolute atomic E-state index is 6.38. The van der Waals surface area contributed by atoms with E-state index in [1.54, 1.807) is 0 Å². The van der Waals surface area contributed by atoms with E-state index < -0.39 is 8.07 Å². The Hall–Kier alpha value is -0.603. The van der Waals surface area contributed by atoms with E-state index in [9.17, 15) is 0 Å². The fraction of sp³-hybridized carbons (Fsp3) is 0.455. The highest BCUT2D eigenvalue weighted by Gasteiger charge is 2.36. The van der Waals surface area contributed by atoms with E-state index in [0.29, 0.717) is 0 Å². The second kappa shape index (κ2) is 3.27. The SMILES string of the molecule is CC(N)(c1ccccc1)[Si](C)(C)C. The van der Waals surface area contributed by atoms with Gasteiger partial charge in [-0.1, -0.05) is 50.0 Å². The zero-order valence-electron chi connectivity index (χ0n) is 8.96. The van der Waals surface area contributed by atoms with Crippen LogP contribution >= 0.6 is 0 Å². The Kier molecular flexibility index (Phi) is 2.64. The van der Waals surface area contributed by atoms with Crippen LogP contribution in [0.25, 0.3) is 0 Å². The fourth-order valence-electron chi connectivity index (χ4n) is 1.22. The summed E-state index contributed by atoms with van der Waals surface area (Å²) in [7, 11) is -1.35. The molecule has 13 heavy (non-hydrogen) atoms. The van der Waals surface area contributed by atoms with Gasteiger partial charge in [-0.15, -0.1) is 0 Å². The summed E-state index contributed by atoms with van der Waals surface area (Å²) in [6.45, 7) is 9.06. The highest BCUT2D eigenvalue weighted by Crippen LogP contribution is 2.28. The van der Waals surface area contributed by atoms with Crippen LogP contribution in [0.1, 0.15) is 12.5 Å². The second-order valence-electron chi connectivity index (χ2n) is 4.82. The lowest BCUT2D eigenvalue weighted by molar-refractivity contribution is 0.679. The average molecular weight is 193 g/mol. The van der Waals surface area contributed by atoms with Crippen molar-refractivity contribution >= 4 is 8.07 Å². The van der Waals surface area contributed by atoms with Crippen molar-refractivity contribution in [1.82, 2.24) is 0 Å². The highest BCUT2D eigenvalue weighted by atomic mass is 28.3. The quantitative estimate of drug-likeness (QED) is 0.718. The standard InChI is InChI=1S/C11H19NSi/c1-11(12,13(2,3)4)10-8-6-5-7-9-10/h5-9H,12H2,1-4H3. The molecule has 1 aromatic carbocycles.